The summed E-state index contributed by atoms with van der Waals surface area (Å²) in [4.78, 5) is 12.0. The molecule has 0 unspecified atom stereocenters. The molecule has 0 heterocycles. The Balaban J connectivity index is 2.05. The molecule has 0 saturated heterocycles. The summed E-state index contributed by atoms with van der Waals surface area (Å²) in [5, 5.41) is 0.282. The number of halogens is 1. The van der Waals surface area contributed by atoms with Crippen LogP contribution in [0.1, 0.15) is 15.9 Å². The number of ether oxygens (including phenoxy) is 2. The molecular weight excluding hydrogens is 278 g/mol. The quantitative estimate of drug-likeness (QED) is 0.693. The first-order valence-electron chi connectivity index (χ1n) is 5.96. The Kier molecular flexibility index (Phi) is 4.48. The molecule has 2 rings (SSSR count). The Bertz CT molecular complexity index is 591. The number of nitrogens with two attached hydrogens (primary N) is 1. The number of esters is 1. The van der Waals surface area contributed by atoms with Crippen molar-refractivity contribution in [2.45, 2.75) is 6.61 Å². The van der Waals surface area contributed by atoms with Crippen molar-refractivity contribution < 1.29 is 14.3 Å². The Morgan fingerprint density at radius 3 is 2.50 bits per heavy atom. The minimum absolute atomic E-state index is 0.146. The number of carbonyl (C=O) groups is 1. The fraction of sp³-hybridized carbons (Fsp3) is 0.133. The van der Waals surface area contributed by atoms with Gasteiger partial charge in [0.25, 0.3) is 0 Å². The van der Waals surface area contributed by atoms with E-state index in [9.17, 15) is 4.79 Å². The van der Waals surface area contributed by atoms with E-state index in [1.54, 1.807) is 37.4 Å². The minimum atomic E-state index is -0.538. The lowest BCUT2D eigenvalue weighted by molar-refractivity contribution is 0.0474. The standard InChI is InChI=1S/C15H14ClNO3/c1-19-11-7-5-10(6-8-11)9-20-15(18)14-12(16)3-2-4-13(14)17/h2-8H,9,17H2,1H3. The van der Waals surface area contributed by atoms with Gasteiger partial charge in [-0.1, -0.05) is 29.8 Å². The van der Waals surface area contributed by atoms with Crippen molar-refractivity contribution in [1.82, 2.24) is 0 Å². The Morgan fingerprint density at radius 2 is 1.90 bits per heavy atom. The highest BCUT2D eigenvalue weighted by Crippen LogP contribution is 2.23. The highest BCUT2D eigenvalue weighted by atomic mass is 35.5. The molecule has 0 aliphatic heterocycles. The van der Waals surface area contributed by atoms with Crippen molar-refractivity contribution in [2.75, 3.05) is 12.8 Å². The number of benzene rings is 2. The van der Waals surface area contributed by atoms with Crippen molar-refractivity contribution in [1.29, 1.82) is 0 Å². The average Bonchev–Trinajstić information content (AvgIpc) is 2.45. The maximum Gasteiger partial charge on any atom is 0.342 e. The van der Waals surface area contributed by atoms with Gasteiger partial charge < -0.3 is 15.2 Å². The highest BCUT2D eigenvalue weighted by molar-refractivity contribution is 6.34. The summed E-state index contributed by atoms with van der Waals surface area (Å²) in [5.41, 5.74) is 7.08. The third kappa shape index (κ3) is 3.22. The molecule has 5 heteroatoms. The van der Waals surface area contributed by atoms with Crippen LogP contribution in [-0.4, -0.2) is 13.1 Å². The van der Waals surface area contributed by atoms with E-state index in [1.165, 1.54) is 0 Å². The minimum Gasteiger partial charge on any atom is -0.497 e. The molecule has 0 fully saturated rings. The van der Waals surface area contributed by atoms with Gasteiger partial charge in [0.1, 0.15) is 17.9 Å². The SMILES string of the molecule is COc1ccc(COC(=O)c2c(N)cccc2Cl)cc1. The van der Waals surface area contributed by atoms with Gasteiger partial charge in [-0.25, -0.2) is 4.79 Å². The number of carbonyl (C=O) groups excluding carboxylic acids is 1. The summed E-state index contributed by atoms with van der Waals surface area (Å²) in [5.74, 6) is 0.208. The summed E-state index contributed by atoms with van der Waals surface area (Å²) in [6, 6.07) is 12.1. The van der Waals surface area contributed by atoms with E-state index in [-0.39, 0.29) is 17.2 Å². The second-order valence-electron chi connectivity index (χ2n) is 4.13. The van der Waals surface area contributed by atoms with E-state index in [0.717, 1.165) is 11.3 Å². The molecule has 0 aromatic heterocycles. The van der Waals surface area contributed by atoms with Crippen LogP contribution in [0.2, 0.25) is 5.02 Å². The van der Waals surface area contributed by atoms with Crippen LogP contribution in [0.3, 0.4) is 0 Å². The van der Waals surface area contributed by atoms with Gasteiger partial charge in [0.05, 0.1) is 12.1 Å². The molecule has 0 aliphatic rings. The summed E-state index contributed by atoms with van der Waals surface area (Å²) in [7, 11) is 1.59. The van der Waals surface area contributed by atoms with E-state index in [0.29, 0.717) is 5.69 Å². The molecule has 2 aromatic carbocycles. The monoisotopic (exact) mass is 291 g/mol. The molecule has 2 N–H and O–H groups in total. The molecule has 0 bridgehead atoms. The van der Waals surface area contributed by atoms with Crippen LogP contribution < -0.4 is 10.5 Å². The van der Waals surface area contributed by atoms with Crippen molar-refractivity contribution >= 4 is 23.3 Å². The number of rotatable bonds is 4. The van der Waals surface area contributed by atoms with Crippen LogP contribution in [-0.2, 0) is 11.3 Å². The Hall–Kier alpha value is -2.20. The van der Waals surface area contributed by atoms with Crippen LogP contribution in [0.4, 0.5) is 5.69 Å². The van der Waals surface area contributed by atoms with E-state index >= 15 is 0 Å². The fourth-order valence-electron chi connectivity index (χ4n) is 1.70. The van der Waals surface area contributed by atoms with Crippen molar-refractivity contribution in [3.63, 3.8) is 0 Å². The lowest BCUT2D eigenvalue weighted by atomic mass is 10.2. The second-order valence-corrected chi connectivity index (χ2v) is 4.54. The average molecular weight is 292 g/mol. The molecule has 20 heavy (non-hydrogen) atoms. The summed E-state index contributed by atoms with van der Waals surface area (Å²) in [6.07, 6.45) is 0. The van der Waals surface area contributed by atoms with Gasteiger partial charge in [0, 0.05) is 5.69 Å². The van der Waals surface area contributed by atoms with Crippen molar-refractivity contribution in [2.24, 2.45) is 0 Å². The first-order valence-corrected chi connectivity index (χ1v) is 6.33. The lowest BCUT2D eigenvalue weighted by Crippen LogP contribution is -2.09. The van der Waals surface area contributed by atoms with Crippen LogP contribution in [0, 0.1) is 0 Å². The summed E-state index contributed by atoms with van der Waals surface area (Å²) >= 11 is 5.95. The largest absolute Gasteiger partial charge is 0.497 e. The number of methoxy groups -OCH3 is 1. The van der Waals surface area contributed by atoms with Crippen molar-refractivity contribution in [3.05, 3.63) is 58.6 Å². The summed E-state index contributed by atoms with van der Waals surface area (Å²) in [6.45, 7) is 0.146. The smallest absolute Gasteiger partial charge is 0.342 e. The molecule has 2 aromatic rings. The Morgan fingerprint density at radius 1 is 1.20 bits per heavy atom. The third-order valence-electron chi connectivity index (χ3n) is 2.78. The zero-order chi connectivity index (χ0) is 14.5. The molecule has 0 saturated carbocycles. The zero-order valence-electron chi connectivity index (χ0n) is 10.9. The first-order chi connectivity index (χ1) is 9.61. The predicted molar refractivity (Wildman–Crippen MR) is 78.0 cm³/mol. The lowest BCUT2D eigenvalue weighted by Gasteiger charge is -2.09. The normalized spacial score (nSPS) is 10.1. The van der Waals surface area contributed by atoms with Gasteiger partial charge in [-0.05, 0) is 29.8 Å². The van der Waals surface area contributed by atoms with E-state index in [2.05, 4.69) is 0 Å². The number of nitrogen functional groups attached to an aromatic ring is 1. The molecule has 0 amide bonds. The number of hydrogen-bond donors (Lipinski definition) is 1. The highest BCUT2D eigenvalue weighted by Gasteiger charge is 2.15. The summed E-state index contributed by atoms with van der Waals surface area (Å²) < 4.78 is 10.3. The van der Waals surface area contributed by atoms with E-state index in [1.807, 2.05) is 12.1 Å². The van der Waals surface area contributed by atoms with Gasteiger partial charge in [0.2, 0.25) is 0 Å². The molecule has 0 atom stereocenters. The maximum absolute atomic E-state index is 12.0. The van der Waals surface area contributed by atoms with Crippen LogP contribution >= 0.6 is 11.6 Å². The van der Waals surface area contributed by atoms with Gasteiger partial charge in [-0.3, -0.25) is 0 Å². The molecule has 0 spiro atoms. The van der Waals surface area contributed by atoms with E-state index < -0.39 is 5.97 Å². The fourth-order valence-corrected chi connectivity index (χ4v) is 1.96. The second kappa shape index (κ2) is 6.30. The van der Waals surface area contributed by atoms with E-state index in [4.69, 9.17) is 26.8 Å². The van der Waals surface area contributed by atoms with Gasteiger partial charge in [-0.2, -0.15) is 0 Å². The number of anilines is 1. The van der Waals surface area contributed by atoms with Crippen LogP contribution in [0.15, 0.2) is 42.5 Å². The molecule has 0 radical (unpaired) electrons. The van der Waals surface area contributed by atoms with Crippen LogP contribution in [0.25, 0.3) is 0 Å². The maximum atomic E-state index is 12.0. The number of hydrogen-bond acceptors (Lipinski definition) is 4. The molecule has 4 nitrogen and oxygen atoms in total. The zero-order valence-corrected chi connectivity index (χ0v) is 11.7. The topological polar surface area (TPSA) is 61.5 Å². The molecule has 0 aliphatic carbocycles. The molecular formula is C15H14ClNO3. The predicted octanol–water partition coefficient (Wildman–Crippen LogP) is 3.29. The van der Waals surface area contributed by atoms with Gasteiger partial charge in [-0.15, -0.1) is 0 Å². The first kappa shape index (κ1) is 14.2. The van der Waals surface area contributed by atoms with Crippen LogP contribution in [0.5, 0.6) is 5.75 Å². The molecule has 104 valence electrons. The Labute approximate surface area is 122 Å². The van der Waals surface area contributed by atoms with Crippen molar-refractivity contribution in [3.8, 4) is 5.75 Å². The third-order valence-corrected chi connectivity index (χ3v) is 3.09. The van der Waals surface area contributed by atoms with Gasteiger partial charge >= 0.3 is 5.97 Å². The van der Waals surface area contributed by atoms with Gasteiger partial charge in [0.15, 0.2) is 0 Å².